The predicted octanol–water partition coefficient (Wildman–Crippen LogP) is 10.6. The van der Waals surface area contributed by atoms with Gasteiger partial charge in [-0.15, -0.1) is 0 Å². The van der Waals surface area contributed by atoms with Crippen LogP contribution in [0.5, 0.6) is 0 Å². The third-order valence-corrected chi connectivity index (χ3v) is 9.36. The number of benzene rings is 6. The molecule has 0 spiro atoms. The van der Waals surface area contributed by atoms with Crippen LogP contribution in [0.25, 0.3) is 87.9 Å². The van der Waals surface area contributed by atoms with Gasteiger partial charge in [0.2, 0.25) is 0 Å². The Kier molecular flexibility index (Phi) is 5.25. The van der Waals surface area contributed by atoms with Gasteiger partial charge in [0, 0.05) is 49.9 Å². The Balaban J connectivity index is 1.28. The fourth-order valence-electron chi connectivity index (χ4n) is 7.33. The summed E-state index contributed by atoms with van der Waals surface area (Å²) in [5.41, 5.74) is 11.2. The molecule has 0 N–H and O–H groups in total. The summed E-state index contributed by atoms with van der Waals surface area (Å²) < 4.78 is 4.74. The van der Waals surface area contributed by atoms with Gasteiger partial charge in [-0.3, -0.25) is 9.97 Å². The summed E-state index contributed by atoms with van der Waals surface area (Å²) in [5.74, 6) is 0. The van der Waals surface area contributed by atoms with Crippen molar-refractivity contribution in [1.29, 1.82) is 0 Å². The topological polar surface area (TPSA) is 35.6 Å². The molecule has 0 unspecified atom stereocenters. The fourth-order valence-corrected chi connectivity index (χ4v) is 7.33. The first-order valence-corrected chi connectivity index (χ1v) is 15.6. The zero-order chi connectivity index (χ0) is 30.2. The monoisotopic (exact) mass is 586 g/mol. The van der Waals surface area contributed by atoms with E-state index in [4.69, 9.17) is 9.97 Å². The van der Waals surface area contributed by atoms with Crippen LogP contribution < -0.4 is 0 Å². The molecule has 0 fully saturated rings. The molecular weight excluding hydrogens is 560 g/mol. The molecule has 0 atom stereocenters. The summed E-state index contributed by atoms with van der Waals surface area (Å²) in [6.45, 7) is 0. The Labute approximate surface area is 264 Å². The van der Waals surface area contributed by atoms with Crippen LogP contribution in [0.15, 0.2) is 158 Å². The van der Waals surface area contributed by atoms with E-state index in [2.05, 4.69) is 155 Å². The van der Waals surface area contributed by atoms with Crippen LogP contribution in [0.4, 0.5) is 0 Å². The van der Waals surface area contributed by atoms with Gasteiger partial charge < -0.3 is 9.13 Å². The minimum Gasteiger partial charge on any atom is -0.308 e. The lowest BCUT2D eigenvalue weighted by atomic mass is 10.00. The van der Waals surface area contributed by atoms with Crippen molar-refractivity contribution in [2.24, 2.45) is 0 Å². The first kappa shape index (κ1) is 25.1. The van der Waals surface area contributed by atoms with E-state index in [1.807, 2.05) is 12.4 Å². The number of hydrogen-bond acceptors (Lipinski definition) is 2. The number of nitrogens with zero attached hydrogens (tertiary/aromatic N) is 4. The van der Waals surface area contributed by atoms with E-state index in [1.165, 1.54) is 43.8 Å². The standard InChI is InChI=1S/C42H26N4/c1-3-11-29(12-4-1)45-38-22-20-27(23-34(38)41-32-15-7-9-17-36(32)44-26-40(41)45)28-19-21-31-35-25-43-37-18-10-8-16-33(37)42(35)46(39(31)24-28)30-13-5-2-6-14-30/h1-26H. The van der Waals surface area contributed by atoms with E-state index < -0.39 is 0 Å². The van der Waals surface area contributed by atoms with Crippen molar-refractivity contribution in [2.45, 2.75) is 0 Å². The summed E-state index contributed by atoms with van der Waals surface area (Å²) in [5, 5.41) is 7.11. The van der Waals surface area contributed by atoms with Gasteiger partial charge in [-0.05, 0) is 65.7 Å². The number of para-hydroxylation sites is 4. The molecule has 10 aromatic rings. The molecule has 4 heterocycles. The molecule has 4 aromatic heterocycles. The van der Waals surface area contributed by atoms with Crippen molar-refractivity contribution < 1.29 is 0 Å². The van der Waals surface area contributed by atoms with Crippen LogP contribution in [-0.2, 0) is 0 Å². The number of pyridine rings is 2. The van der Waals surface area contributed by atoms with E-state index in [0.717, 1.165) is 44.1 Å². The van der Waals surface area contributed by atoms with Crippen LogP contribution in [0, 0.1) is 0 Å². The van der Waals surface area contributed by atoms with E-state index in [1.54, 1.807) is 0 Å². The molecule has 10 rings (SSSR count). The Morgan fingerprint density at radius 1 is 0.370 bits per heavy atom. The second-order valence-electron chi connectivity index (χ2n) is 11.9. The fraction of sp³-hybridized carbons (Fsp3) is 0. The second-order valence-corrected chi connectivity index (χ2v) is 11.9. The van der Waals surface area contributed by atoms with Gasteiger partial charge in [-0.2, -0.15) is 0 Å². The van der Waals surface area contributed by atoms with Gasteiger partial charge in [0.25, 0.3) is 0 Å². The third kappa shape index (κ3) is 3.55. The molecule has 0 aliphatic rings. The predicted molar refractivity (Wildman–Crippen MR) is 191 cm³/mol. The molecule has 0 radical (unpaired) electrons. The van der Waals surface area contributed by atoms with Crippen LogP contribution >= 0.6 is 0 Å². The lowest BCUT2D eigenvalue weighted by molar-refractivity contribution is 1.17. The van der Waals surface area contributed by atoms with E-state index >= 15 is 0 Å². The average Bonchev–Trinajstić information content (AvgIpc) is 3.65. The van der Waals surface area contributed by atoms with Crippen molar-refractivity contribution in [1.82, 2.24) is 19.1 Å². The van der Waals surface area contributed by atoms with E-state index in [9.17, 15) is 0 Å². The molecule has 214 valence electrons. The smallest absolute Gasteiger partial charge is 0.0730 e. The third-order valence-electron chi connectivity index (χ3n) is 9.36. The van der Waals surface area contributed by atoms with E-state index in [-0.39, 0.29) is 0 Å². The molecule has 6 aromatic carbocycles. The number of hydrogen-bond donors (Lipinski definition) is 0. The van der Waals surface area contributed by atoms with Crippen molar-refractivity contribution in [3.8, 4) is 22.5 Å². The zero-order valence-electron chi connectivity index (χ0n) is 24.8. The van der Waals surface area contributed by atoms with Crippen LogP contribution in [0.1, 0.15) is 0 Å². The molecule has 0 aliphatic heterocycles. The van der Waals surface area contributed by atoms with Crippen molar-refractivity contribution >= 4 is 65.4 Å². The van der Waals surface area contributed by atoms with Gasteiger partial charge in [-0.25, -0.2) is 0 Å². The van der Waals surface area contributed by atoms with Crippen LogP contribution in [-0.4, -0.2) is 19.1 Å². The highest BCUT2D eigenvalue weighted by atomic mass is 15.0. The SMILES string of the molecule is c1ccc(-n2c3ccc(-c4ccc5c6cnc7ccccc7c6n(-c6ccccc6)c5c4)cc3c3c4ccccc4ncc32)cc1. The summed E-state index contributed by atoms with van der Waals surface area (Å²) in [7, 11) is 0. The number of rotatable bonds is 3. The molecule has 0 saturated heterocycles. The Bertz CT molecular complexity index is 2790. The molecule has 46 heavy (non-hydrogen) atoms. The normalized spacial score (nSPS) is 11.9. The van der Waals surface area contributed by atoms with Crippen LogP contribution in [0.2, 0.25) is 0 Å². The second kappa shape index (κ2) is 9.62. The maximum absolute atomic E-state index is 4.86. The molecule has 4 heteroatoms. The average molecular weight is 587 g/mol. The summed E-state index contributed by atoms with van der Waals surface area (Å²) in [6.07, 6.45) is 4.05. The van der Waals surface area contributed by atoms with E-state index in [0.29, 0.717) is 0 Å². The molecule has 0 bridgehead atoms. The largest absolute Gasteiger partial charge is 0.308 e. The Morgan fingerprint density at radius 3 is 1.76 bits per heavy atom. The highest BCUT2D eigenvalue weighted by Gasteiger charge is 2.19. The van der Waals surface area contributed by atoms with Gasteiger partial charge in [-0.1, -0.05) is 91.0 Å². The quantitative estimate of drug-likeness (QED) is 0.206. The molecule has 0 aliphatic carbocycles. The molecule has 0 amide bonds. The summed E-state index contributed by atoms with van der Waals surface area (Å²) in [4.78, 5) is 9.70. The maximum atomic E-state index is 4.86. The van der Waals surface area contributed by atoms with Gasteiger partial charge >= 0.3 is 0 Å². The highest BCUT2D eigenvalue weighted by Crippen LogP contribution is 2.40. The number of aromatic nitrogens is 4. The van der Waals surface area contributed by atoms with Crippen molar-refractivity contribution in [3.63, 3.8) is 0 Å². The van der Waals surface area contributed by atoms with Gasteiger partial charge in [0.15, 0.2) is 0 Å². The summed E-state index contributed by atoms with van der Waals surface area (Å²) in [6, 6.07) is 51.8. The molecule has 0 saturated carbocycles. The van der Waals surface area contributed by atoms with Gasteiger partial charge in [0.05, 0.1) is 39.3 Å². The minimum absolute atomic E-state index is 0.997. The van der Waals surface area contributed by atoms with Crippen molar-refractivity contribution in [2.75, 3.05) is 0 Å². The van der Waals surface area contributed by atoms with Gasteiger partial charge in [0.1, 0.15) is 0 Å². The summed E-state index contributed by atoms with van der Waals surface area (Å²) >= 11 is 0. The Morgan fingerprint density at radius 2 is 0.978 bits per heavy atom. The highest BCUT2D eigenvalue weighted by molar-refractivity contribution is 6.21. The lowest BCUT2D eigenvalue weighted by Crippen LogP contribution is -1.95. The van der Waals surface area contributed by atoms with Crippen LogP contribution in [0.3, 0.4) is 0 Å². The first-order chi connectivity index (χ1) is 22.8. The molecular formula is C42H26N4. The lowest BCUT2D eigenvalue weighted by Gasteiger charge is -2.10. The minimum atomic E-state index is 0.997. The number of fused-ring (bicyclic) bond motifs is 10. The Hall–Kier alpha value is -6.26. The first-order valence-electron chi connectivity index (χ1n) is 15.6. The zero-order valence-corrected chi connectivity index (χ0v) is 24.8. The molecule has 4 nitrogen and oxygen atoms in total. The maximum Gasteiger partial charge on any atom is 0.0730 e. The van der Waals surface area contributed by atoms with Crippen molar-refractivity contribution in [3.05, 3.63) is 158 Å².